The molecule has 0 unspecified atom stereocenters. The SMILES string of the molecule is COc1ccc(-c2c3nc(c(-c4ccc(OCCCCBr)cc4)c4nc(c(-c5ccc(OC)cc5)c5ccc([nH]5)c(-c5ccc(OC)cc5)c5ccc2[nH]5)C=C4)C=C3)cc1. The van der Waals surface area contributed by atoms with Gasteiger partial charge in [0.05, 0.1) is 50.7 Å². The van der Waals surface area contributed by atoms with Gasteiger partial charge >= 0.3 is 0 Å². The zero-order chi connectivity index (χ0) is 41.0. The summed E-state index contributed by atoms with van der Waals surface area (Å²) in [6.45, 7) is 0.664. The number of methoxy groups -OCH3 is 3. The van der Waals surface area contributed by atoms with E-state index in [1.54, 1.807) is 21.3 Å². The Bertz CT molecular complexity index is 2750. The van der Waals surface area contributed by atoms with Crippen LogP contribution in [0.25, 0.3) is 90.9 Å². The van der Waals surface area contributed by atoms with Crippen LogP contribution in [0.15, 0.2) is 121 Å². The van der Waals surface area contributed by atoms with E-state index in [-0.39, 0.29) is 0 Å². The summed E-state index contributed by atoms with van der Waals surface area (Å²) < 4.78 is 22.8. The van der Waals surface area contributed by atoms with E-state index in [1.165, 1.54) is 0 Å². The second-order valence-electron chi connectivity index (χ2n) is 14.5. The van der Waals surface area contributed by atoms with Crippen LogP contribution in [0.1, 0.15) is 35.6 Å². The molecule has 5 heterocycles. The summed E-state index contributed by atoms with van der Waals surface area (Å²) in [5, 5.41) is 0.964. The molecule has 2 N–H and O–H groups in total. The lowest BCUT2D eigenvalue weighted by Crippen LogP contribution is -1.97. The van der Waals surface area contributed by atoms with E-state index in [0.717, 1.165) is 131 Å². The van der Waals surface area contributed by atoms with Crippen molar-refractivity contribution in [2.45, 2.75) is 12.8 Å². The third-order valence-corrected chi connectivity index (χ3v) is 11.4. The average molecular weight is 856 g/mol. The summed E-state index contributed by atoms with van der Waals surface area (Å²) in [7, 11) is 5.05. The van der Waals surface area contributed by atoms with Crippen LogP contribution in [0.3, 0.4) is 0 Å². The minimum atomic E-state index is 0.664. The second kappa shape index (κ2) is 17.2. The first-order valence-corrected chi connectivity index (χ1v) is 21.0. The maximum Gasteiger partial charge on any atom is 0.119 e. The number of ether oxygens (including phenoxy) is 4. The molecule has 0 fully saturated rings. The van der Waals surface area contributed by atoms with Crippen LogP contribution in [0.5, 0.6) is 23.0 Å². The first-order valence-electron chi connectivity index (χ1n) is 19.9. The van der Waals surface area contributed by atoms with Gasteiger partial charge in [0.15, 0.2) is 0 Å². The first-order chi connectivity index (χ1) is 29.5. The van der Waals surface area contributed by atoms with Crippen LogP contribution in [0.4, 0.5) is 0 Å². The molecule has 9 heteroatoms. The van der Waals surface area contributed by atoms with Gasteiger partial charge < -0.3 is 28.9 Å². The molecule has 8 nitrogen and oxygen atoms in total. The van der Waals surface area contributed by atoms with Gasteiger partial charge in [0.2, 0.25) is 0 Å². The Hall–Kier alpha value is -6.84. The predicted octanol–water partition coefficient (Wildman–Crippen LogP) is 12.9. The molecule has 2 aliphatic heterocycles. The van der Waals surface area contributed by atoms with Crippen LogP contribution in [-0.4, -0.2) is 53.2 Å². The van der Waals surface area contributed by atoms with Gasteiger partial charge in [-0.2, -0.15) is 0 Å². The maximum atomic E-state index is 6.10. The number of fused-ring (bicyclic) bond motifs is 8. The molecule has 0 saturated carbocycles. The van der Waals surface area contributed by atoms with Crippen molar-refractivity contribution in [1.29, 1.82) is 0 Å². The lowest BCUT2D eigenvalue weighted by molar-refractivity contribution is 0.310. The number of benzene rings is 4. The summed E-state index contributed by atoms with van der Waals surface area (Å²) in [6, 6.07) is 41.2. The molecule has 3 aromatic heterocycles. The molecular formula is C51H43BrN4O4. The quantitative estimate of drug-likeness (QED) is 0.0939. The highest BCUT2D eigenvalue weighted by molar-refractivity contribution is 9.09. The van der Waals surface area contributed by atoms with Crippen LogP contribution in [-0.2, 0) is 0 Å². The predicted molar refractivity (Wildman–Crippen MR) is 249 cm³/mol. The molecule has 0 radical (unpaired) electrons. The Morgan fingerprint density at radius 2 is 0.733 bits per heavy atom. The third kappa shape index (κ3) is 7.72. The fourth-order valence-electron chi connectivity index (χ4n) is 7.80. The van der Waals surface area contributed by atoms with Gasteiger partial charge in [-0.05, 0) is 132 Å². The summed E-state index contributed by atoms with van der Waals surface area (Å²) in [5.41, 5.74) is 14.8. The standard InChI is InChI=1S/C51H43BrN4O4/c1-57-36-14-6-32(7-15-36)48-40-22-24-42(53-40)49(33-8-16-37(58-2)17-9-33)44-26-28-46(55-44)51(35-12-20-39(21-13-35)60-31-5-4-30-52)47-29-27-45(56-47)50(43-25-23-41(48)54-43)34-10-18-38(59-3)19-11-34/h6-29,53-54H,4-5,30-31H2,1-3H3. The molecular weight excluding hydrogens is 812 g/mol. The molecule has 0 aliphatic carbocycles. The van der Waals surface area contributed by atoms with Gasteiger partial charge in [0, 0.05) is 49.7 Å². The Morgan fingerprint density at radius 1 is 0.400 bits per heavy atom. The Morgan fingerprint density at radius 3 is 1.12 bits per heavy atom. The van der Waals surface area contributed by atoms with Crippen LogP contribution in [0.2, 0.25) is 0 Å². The second-order valence-corrected chi connectivity index (χ2v) is 15.3. The Kier molecular flexibility index (Phi) is 11.1. The number of H-pyrrole nitrogens is 2. The van der Waals surface area contributed by atoms with Crippen molar-refractivity contribution in [2.24, 2.45) is 0 Å². The van der Waals surface area contributed by atoms with E-state index in [4.69, 9.17) is 28.9 Å². The summed E-state index contributed by atoms with van der Waals surface area (Å²) in [4.78, 5) is 18.5. The van der Waals surface area contributed by atoms with E-state index < -0.39 is 0 Å². The molecule has 0 saturated heterocycles. The number of rotatable bonds is 12. The number of aromatic amines is 2. The fraction of sp³-hybridized carbons (Fsp3) is 0.137. The van der Waals surface area contributed by atoms with Crippen molar-refractivity contribution >= 4 is 62.3 Å². The monoisotopic (exact) mass is 854 g/mol. The Labute approximate surface area is 357 Å². The zero-order valence-corrected chi connectivity index (χ0v) is 35.2. The minimum absolute atomic E-state index is 0.664. The van der Waals surface area contributed by atoms with Gasteiger partial charge in [-0.15, -0.1) is 0 Å². The van der Waals surface area contributed by atoms with E-state index in [0.29, 0.717) is 6.61 Å². The number of unbranched alkanes of at least 4 members (excludes halogenated alkanes) is 1. The molecule has 4 aromatic carbocycles. The maximum absolute atomic E-state index is 6.10. The molecule has 298 valence electrons. The van der Waals surface area contributed by atoms with Crippen molar-refractivity contribution in [2.75, 3.05) is 33.3 Å². The largest absolute Gasteiger partial charge is 0.497 e. The average Bonchev–Trinajstić information content (AvgIpc) is 4.15. The topological polar surface area (TPSA) is 94.3 Å². The molecule has 0 spiro atoms. The van der Waals surface area contributed by atoms with Crippen molar-refractivity contribution in [3.05, 3.63) is 144 Å². The fourth-order valence-corrected chi connectivity index (χ4v) is 8.19. The summed E-state index contributed by atoms with van der Waals surface area (Å²) in [6.07, 6.45) is 10.4. The highest BCUT2D eigenvalue weighted by atomic mass is 79.9. The molecule has 7 aromatic rings. The van der Waals surface area contributed by atoms with Crippen LogP contribution < -0.4 is 18.9 Å². The van der Waals surface area contributed by atoms with Gasteiger partial charge in [0.1, 0.15) is 23.0 Å². The zero-order valence-electron chi connectivity index (χ0n) is 33.6. The van der Waals surface area contributed by atoms with Gasteiger partial charge in [-0.25, -0.2) is 9.97 Å². The van der Waals surface area contributed by atoms with E-state index in [1.807, 2.05) is 48.5 Å². The number of halogens is 1. The van der Waals surface area contributed by atoms with E-state index in [9.17, 15) is 0 Å². The molecule has 60 heavy (non-hydrogen) atoms. The summed E-state index contributed by atoms with van der Waals surface area (Å²) in [5.74, 6) is 3.18. The molecule has 0 atom stereocenters. The number of nitrogens with one attached hydrogen (secondary N) is 2. The minimum Gasteiger partial charge on any atom is -0.497 e. The van der Waals surface area contributed by atoms with Crippen LogP contribution >= 0.6 is 15.9 Å². The molecule has 8 bridgehead atoms. The van der Waals surface area contributed by atoms with Crippen molar-refractivity contribution in [1.82, 2.24) is 19.9 Å². The number of hydrogen-bond acceptors (Lipinski definition) is 6. The Balaban J connectivity index is 1.37. The van der Waals surface area contributed by atoms with Crippen molar-refractivity contribution < 1.29 is 18.9 Å². The van der Waals surface area contributed by atoms with Gasteiger partial charge in [-0.1, -0.05) is 64.5 Å². The number of aromatic nitrogens is 4. The highest BCUT2D eigenvalue weighted by Gasteiger charge is 2.20. The van der Waals surface area contributed by atoms with E-state index in [2.05, 4.69) is 123 Å². The normalized spacial score (nSPS) is 11.8. The molecule has 2 aliphatic rings. The lowest BCUT2D eigenvalue weighted by Gasteiger charge is -2.09. The number of hydrogen-bond donors (Lipinski definition) is 2. The smallest absolute Gasteiger partial charge is 0.119 e. The highest BCUT2D eigenvalue weighted by Crippen LogP contribution is 2.39. The number of alkyl halides is 1. The summed E-state index contributed by atoms with van der Waals surface area (Å²) >= 11 is 3.52. The third-order valence-electron chi connectivity index (χ3n) is 10.8. The molecule has 0 amide bonds. The van der Waals surface area contributed by atoms with Crippen molar-refractivity contribution in [3.8, 4) is 67.5 Å². The lowest BCUT2D eigenvalue weighted by atomic mass is 10.0. The molecule has 9 rings (SSSR count). The van der Waals surface area contributed by atoms with Gasteiger partial charge in [0.25, 0.3) is 0 Å². The van der Waals surface area contributed by atoms with Gasteiger partial charge in [-0.3, -0.25) is 0 Å². The number of nitrogens with zero attached hydrogens (tertiary/aromatic N) is 2. The van der Waals surface area contributed by atoms with Crippen molar-refractivity contribution in [3.63, 3.8) is 0 Å². The van der Waals surface area contributed by atoms with E-state index >= 15 is 0 Å². The van der Waals surface area contributed by atoms with Crippen LogP contribution in [0, 0.1) is 0 Å². The first kappa shape index (κ1) is 38.7.